The van der Waals surface area contributed by atoms with Gasteiger partial charge in [0.1, 0.15) is 5.75 Å². The summed E-state index contributed by atoms with van der Waals surface area (Å²) >= 11 is 6.09. The van der Waals surface area contributed by atoms with Crippen molar-refractivity contribution in [1.82, 2.24) is 10.3 Å². The van der Waals surface area contributed by atoms with Gasteiger partial charge in [-0.1, -0.05) is 48.0 Å². The third kappa shape index (κ3) is 5.43. The van der Waals surface area contributed by atoms with Crippen molar-refractivity contribution in [2.75, 3.05) is 0 Å². The number of carbonyl (C=O) groups is 1. The molecule has 0 aliphatic carbocycles. The average Bonchev–Trinajstić information content (AvgIpc) is 2.68. The molecule has 1 heterocycles. The minimum Gasteiger partial charge on any atom is -0.439 e. The summed E-state index contributed by atoms with van der Waals surface area (Å²) in [6, 6.07) is 20.2. The van der Waals surface area contributed by atoms with Crippen molar-refractivity contribution in [3.63, 3.8) is 0 Å². The van der Waals surface area contributed by atoms with Gasteiger partial charge >= 0.3 is 0 Å². The molecule has 1 N–H and O–H groups in total. The summed E-state index contributed by atoms with van der Waals surface area (Å²) < 4.78 is 5.74. The molecule has 0 aliphatic rings. The number of pyridine rings is 1. The van der Waals surface area contributed by atoms with Crippen LogP contribution in [0, 0.1) is 0 Å². The second-order valence-corrected chi connectivity index (χ2v) is 6.33. The van der Waals surface area contributed by atoms with Crippen LogP contribution in [0.1, 0.15) is 24.1 Å². The lowest BCUT2D eigenvalue weighted by Gasteiger charge is -2.14. The van der Waals surface area contributed by atoms with E-state index in [4.69, 9.17) is 16.3 Å². The van der Waals surface area contributed by atoms with Gasteiger partial charge in [0, 0.05) is 23.4 Å². The van der Waals surface area contributed by atoms with E-state index in [-0.39, 0.29) is 11.9 Å². The van der Waals surface area contributed by atoms with Crippen LogP contribution >= 0.6 is 11.6 Å². The molecule has 3 aromatic rings. The molecular weight excluding hydrogens is 360 g/mol. The van der Waals surface area contributed by atoms with Gasteiger partial charge in [0.25, 0.3) is 0 Å². The zero-order chi connectivity index (χ0) is 19.1. The normalized spacial score (nSPS) is 11.9. The maximum atomic E-state index is 12.2. The summed E-state index contributed by atoms with van der Waals surface area (Å²) in [7, 11) is 0. The number of halogens is 1. The molecule has 3 rings (SSSR count). The molecule has 4 nitrogen and oxygen atoms in total. The molecule has 0 aliphatic heterocycles. The number of nitrogens with one attached hydrogen (secondary N) is 1. The Morgan fingerprint density at radius 2 is 1.93 bits per heavy atom. The Bertz CT molecular complexity index is 942. The Hall–Kier alpha value is -3.11. The summed E-state index contributed by atoms with van der Waals surface area (Å²) in [6.45, 7) is 1.92. The lowest BCUT2D eigenvalue weighted by Crippen LogP contribution is -2.24. The number of carbonyl (C=O) groups excluding carboxylic acids is 1. The van der Waals surface area contributed by atoms with E-state index in [1.165, 1.54) is 6.08 Å². The summed E-state index contributed by atoms with van der Waals surface area (Å²) in [6.07, 6.45) is 4.85. The maximum absolute atomic E-state index is 12.2. The van der Waals surface area contributed by atoms with Crippen molar-refractivity contribution >= 4 is 23.6 Å². The van der Waals surface area contributed by atoms with Crippen LogP contribution in [0.4, 0.5) is 0 Å². The number of ether oxygens (including phenoxy) is 1. The van der Waals surface area contributed by atoms with E-state index in [1.54, 1.807) is 24.4 Å². The fraction of sp³-hybridized carbons (Fsp3) is 0.0909. The monoisotopic (exact) mass is 378 g/mol. The second-order valence-electron chi connectivity index (χ2n) is 5.93. The van der Waals surface area contributed by atoms with Gasteiger partial charge in [-0.25, -0.2) is 4.98 Å². The van der Waals surface area contributed by atoms with Crippen LogP contribution in [-0.4, -0.2) is 10.9 Å². The number of rotatable bonds is 6. The molecule has 1 atom stereocenters. The van der Waals surface area contributed by atoms with Gasteiger partial charge in [0.15, 0.2) is 0 Å². The van der Waals surface area contributed by atoms with Crippen LogP contribution in [0.25, 0.3) is 6.08 Å². The Balaban J connectivity index is 1.63. The molecule has 0 spiro atoms. The van der Waals surface area contributed by atoms with E-state index in [0.717, 1.165) is 11.1 Å². The molecule has 27 heavy (non-hydrogen) atoms. The van der Waals surface area contributed by atoms with Crippen molar-refractivity contribution in [1.29, 1.82) is 0 Å². The van der Waals surface area contributed by atoms with E-state index >= 15 is 0 Å². The molecule has 0 radical (unpaired) electrons. The third-order valence-electron chi connectivity index (χ3n) is 3.90. The van der Waals surface area contributed by atoms with E-state index in [0.29, 0.717) is 16.7 Å². The highest BCUT2D eigenvalue weighted by molar-refractivity contribution is 6.32. The summed E-state index contributed by atoms with van der Waals surface area (Å²) in [5.74, 6) is 0.992. The molecule has 136 valence electrons. The van der Waals surface area contributed by atoms with Crippen molar-refractivity contribution in [2.45, 2.75) is 13.0 Å². The van der Waals surface area contributed by atoms with Crippen LogP contribution in [0.5, 0.6) is 11.6 Å². The Morgan fingerprint density at radius 3 is 2.70 bits per heavy atom. The Kier molecular flexibility index (Phi) is 6.23. The lowest BCUT2D eigenvalue weighted by molar-refractivity contribution is -0.117. The highest BCUT2D eigenvalue weighted by Crippen LogP contribution is 2.23. The smallest absolute Gasteiger partial charge is 0.244 e. The van der Waals surface area contributed by atoms with Crippen LogP contribution in [0.2, 0.25) is 5.02 Å². The van der Waals surface area contributed by atoms with Crippen LogP contribution in [0.15, 0.2) is 79.0 Å². The average molecular weight is 379 g/mol. The molecule has 1 amide bonds. The van der Waals surface area contributed by atoms with E-state index in [2.05, 4.69) is 10.3 Å². The number of nitrogens with zero attached hydrogens (tertiary/aromatic N) is 1. The number of hydrogen-bond acceptors (Lipinski definition) is 3. The van der Waals surface area contributed by atoms with Crippen molar-refractivity contribution in [3.05, 3.63) is 95.2 Å². The zero-order valence-electron chi connectivity index (χ0n) is 14.8. The first-order chi connectivity index (χ1) is 13.1. The van der Waals surface area contributed by atoms with Crippen LogP contribution in [0.3, 0.4) is 0 Å². The predicted molar refractivity (Wildman–Crippen MR) is 108 cm³/mol. The molecule has 2 aromatic carbocycles. The molecule has 0 bridgehead atoms. The van der Waals surface area contributed by atoms with Gasteiger partial charge in [-0.3, -0.25) is 4.79 Å². The predicted octanol–water partition coefficient (Wildman–Crippen LogP) is 5.42. The minimum absolute atomic E-state index is 0.180. The quantitative estimate of drug-likeness (QED) is 0.583. The zero-order valence-corrected chi connectivity index (χ0v) is 15.6. The first-order valence-electron chi connectivity index (χ1n) is 8.54. The van der Waals surface area contributed by atoms with Gasteiger partial charge in [0.2, 0.25) is 11.8 Å². The van der Waals surface area contributed by atoms with Crippen molar-refractivity contribution < 1.29 is 9.53 Å². The number of hydrogen-bond donors (Lipinski definition) is 1. The molecule has 0 saturated heterocycles. The fourth-order valence-electron chi connectivity index (χ4n) is 2.50. The molecule has 5 heteroatoms. The van der Waals surface area contributed by atoms with E-state index in [1.807, 2.05) is 61.5 Å². The Morgan fingerprint density at radius 1 is 1.11 bits per heavy atom. The molecule has 0 saturated carbocycles. The van der Waals surface area contributed by atoms with Crippen LogP contribution in [-0.2, 0) is 4.79 Å². The number of aromatic nitrogens is 1. The third-order valence-corrected chi connectivity index (χ3v) is 4.24. The number of benzene rings is 2. The van der Waals surface area contributed by atoms with E-state index < -0.39 is 0 Å². The summed E-state index contributed by atoms with van der Waals surface area (Å²) in [4.78, 5) is 16.4. The highest BCUT2D eigenvalue weighted by Gasteiger charge is 2.09. The lowest BCUT2D eigenvalue weighted by atomic mass is 10.1. The first-order valence-corrected chi connectivity index (χ1v) is 8.91. The van der Waals surface area contributed by atoms with Crippen LogP contribution < -0.4 is 10.1 Å². The molecule has 1 aromatic heterocycles. The topological polar surface area (TPSA) is 51.2 Å². The SMILES string of the molecule is C[C@H](NC(=O)C=Cc1ccccc1Cl)c1cccc(Oc2ccccn2)c1. The first kappa shape index (κ1) is 18.7. The van der Waals surface area contributed by atoms with Gasteiger partial charge < -0.3 is 10.1 Å². The second kappa shape index (κ2) is 9.01. The summed E-state index contributed by atoms with van der Waals surface area (Å²) in [5.41, 5.74) is 1.73. The van der Waals surface area contributed by atoms with Gasteiger partial charge in [-0.15, -0.1) is 0 Å². The van der Waals surface area contributed by atoms with Gasteiger partial charge in [-0.05, 0) is 48.4 Å². The molecular formula is C22H19ClN2O2. The fourth-order valence-corrected chi connectivity index (χ4v) is 2.69. The summed E-state index contributed by atoms with van der Waals surface area (Å²) in [5, 5.41) is 3.54. The van der Waals surface area contributed by atoms with Crippen molar-refractivity contribution in [3.8, 4) is 11.6 Å². The largest absolute Gasteiger partial charge is 0.439 e. The molecule has 0 fully saturated rings. The maximum Gasteiger partial charge on any atom is 0.244 e. The highest BCUT2D eigenvalue weighted by atomic mass is 35.5. The van der Waals surface area contributed by atoms with Gasteiger partial charge in [-0.2, -0.15) is 0 Å². The molecule has 0 unspecified atom stereocenters. The van der Waals surface area contributed by atoms with Crippen molar-refractivity contribution in [2.24, 2.45) is 0 Å². The Labute approximate surface area is 163 Å². The minimum atomic E-state index is -0.196. The number of amides is 1. The van der Waals surface area contributed by atoms with E-state index in [9.17, 15) is 4.79 Å². The van der Waals surface area contributed by atoms with Gasteiger partial charge in [0.05, 0.1) is 6.04 Å². The standard InChI is InChI=1S/C22H19ClN2O2/c1-16(25-21(26)13-12-17-7-2-3-10-20(17)23)18-8-6-9-19(15-18)27-22-11-4-5-14-24-22/h2-16H,1H3,(H,25,26)/t16-/m0/s1.